The Hall–Kier alpha value is -1.93. The van der Waals surface area contributed by atoms with Gasteiger partial charge in [0.15, 0.2) is 0 Å². The molecule has 2 heterocycles. The second-order valence-corrected chi connectivity index (χ2v) is 3.92. The van der Waals surface area contributed by atoms with Crippen molar-refractivity contribution in [1.29, 1.82) is 5.26 Å². The minimum atomic E-state index is -0.167. The number of hydrogen-bond acceptors (Lipinski definition) is 4. The normalized spacial score (nSPS) is 20.1. The Balaban J connectivity index is 1.99. The highest BCUT2D eigenvalue weighted by molar-refractivity contribution is 5.78. The van der Waals surface area contributed by atoms with Crippen LogP contribution in [0.4, 0.5) is 0 Å². The van der Waals surface area contributed by atoms with E-state index in [2.05, 4.69) is 11.1 Å². The summed E-state index contributed by atoms with van der Waals surface area (Å²) in [6, 6.07) is 5.82. The predicted octanol–water partition coefficient (Wildman–Crippen LogP) is 0.723. The predicted molar refractivity (Wildman–Crippen MR) is 59.6 cm³/mol. The maximum Gasteiger partial charge on any atom is 0.248 e. The zero-order valence-electron chi connectivity index (χ0n) is 9.37. The third-order valence-corrected chi connectivity index (χ3v) is 2.66. The lowest BCUT2D eigenvalue weighted by atomic mass is 10.2. The van der Waals surface area contributed by atoms with Crippen LogP contribution in [0.5, 0.6) is 0 Å². The maximum atomic E-state index is 11.7. The average Bonchev–Trinajstić information content (AvgIpc) is 2.35. The van der Waals surface area contributed by atoms with Gasteiger partial charge >= 0.3 is 0 Å². The lowest BCUT2D eigenvalue weighted by Crippen LogP contribution is -2.45. The fourth-order valence-corrected chi connectivity index (χ4v) is 1.77. The Morgan fingerprint density at radius 1 is 1.53 bits per heavy atom. The van der Waals surface area contributed by atoms with E-state index in [1.165, 1.54) is 0 Å². The summed E-state index contributed by atoms with van der Waals surface area (Å²) in [6.45, 7) is 1.10. The maximum absolute atomic E-state index is 11.7. The van der Waals surface area contributed by atoms with Crippen molar-refractivity contribution in [3.63, 3.8) is 0 Å². The topological polar surface area (TPSA) is 66.2 Å². The first kappa shape index (κ1) is 11.6. The van der Waals surface area contributed by atoms with Crippen LogP contribution in [0.1, 0.15) is 12.0 Å². The van der Waals surface area contributed by atoms with E-state index < -0.39 is 0 Å². The Bertz CT molecular complexity index is 427. The van der Waals surface area contributed by atoms with Gasteiger partial charge in [0.05, 0.1) is 18.6 Å². The van der Waals surface area contributed by atoms with E-state index in [1.54, 1.807) is 17.3 Å². The van der Waals surface area contributed by atoms with Crippen molar-refractivity contribution in [2.45, 2.75) is 19.1 Å². The van der Waals surface area contributed by atoms with Gasteiger partial charge in [-0.1, -0.05) is 0 Å². The summed E-state index contributed by atoms with van der Waals surface area (Å²) in [5.74, 6) is -0.0315. The van der Waals surface area contributed by atoms with Gasteiger partial charge in [-0.25, -0.2) is 0 Å². The van der Waals surface area contributed by atoms with E-state index in [0.29, 0.717) is 19.5 Å². The van der Waals surface area contributed by atoms with Gasteiger partial charge in [-0.3, -0.25) is 9.78 Å². The van der Waals surface area contributed by atoms with Crippen LogP contribution < -0.4 is 0 Å². The summed E-state index contributed by atoms with van der Waals surface area (Å²) in [4.78, 5) is 17.3. The second kappa shape index (κ2) is 5.41. The lowest BCUT2D eigenvalue weighted by Gasteiger charge is -2.31. The Morgan fingerprint density at radius 2 is 2.29 bits per heavy atom. The molecule has 1 atom stereocenters. The van der Waals surface area contributed by atoms with E-state index in [1.807, 2.05) is 12.1 Å². The molecule has 1 aromatic heterocycles. The Morgan fingerprint density at radius 3 is 3.00 bits per heavy atom. The smallest absolute Gasteiger partial charge is 0.248 e. The number of pyridine rings is 1. The summed E-state index contributed by atoms with van der Waals surface area (Å²) in [5, 5.41) is 8.62. The van der Waals surface area contributed by atoms with Crippen LogP contribution in [-0.2, 0) is 16.1 Å². The van der Waals surface area contributed by atoms with Crippen LogP contribution in [0.2, 0.25) is 0 Å². The highest BCUT2D eigenvalue weighted by atomic mass is 16.5. The molecule has 88 valence electrons. The minimum absolute atomic E-state index is 0.0315. The number of aromatic nitrogens is 1. The molecule has 5 nitrogen and oxygen atoms in total. The standard InChI is InChI=1S/C12H13N3O2/c13-4-1-11-8-15(12(16)9-17-11)7-10-2-5-14-6-3-10/h2-3,5-6,11H,1,7-9H2. The fourth-order valence-electron chi connectivity index (χ4n) is 1.77. The van der Waals surface area contributed by atoms with Gasteiger partial charge in [-0.05, 0) is 17.7 Å². The molecular weight excluding hydrogens is 218 g/mol. The Labute approximate surface area is 99.6 Å². The van der Waals surface area contributed by atoms with Crippen molar-refractivity contribution in [2.75, 3.05) is 13.2 Å². The number of carbonyl (C=O) groups excluding carboxylic acids is 1. The van der Waals surface area contributed by atoms with Crippen molar-refractivity contribution in [1.82, 2.24) is 9.88 Å². The summed E-state index contributed by atoms with van der Waals surface area (Å²) in [5.41, 5.74) is 1.03. The van der Waals surface area contributed by atoms with Crippen LogP contribution in [0.15, 0.2) is 24.5 Å². The lowest BCUT2D eigenvalue weighted by molar-refractivity contribution is -0.149. The van der Waals surface area contributed by atoms with Gasteiger partial charge in [0, 0.05) is 25.5 Å². The number of nitriles is 1. The molecule has 1 aromatic rings. The first-order valence-electron chi connectivity index (χ1n) is 5.45. The van der Waals surface area contributed by atoms with Gasteiger partial charge in [0.2, 0.25) is 5.91 Å². The molecule has 1 unspecified atom stereocenters. The highest BCUT2D eigenvalue weighted by Crippen LogP contribution is 2.12. The molecular formula is C12H13N3O2. The Kier molecular flexibility index (Phi) is 3.68. The van der Waals surface area contributed by atoms with Crippen molar-refractivity contribution in [3.8, 4) is 6.07 Å². The molecule has 0 bridgehead atoms. The number of morpholine rings is 1. The number of amides is 1. The van der Waals surface area contributed by atoms with Gasteiger partial charge in [0.25, 0.3) is 0 Å². The van der Waals surface area contributed by atoms with Crippen molar-refractivity contribution in [2.24, 2.45) is 0 Å². The monoisotopic (exact) mass is 231 g/mol. The van der Waals surface area contributed by atoms with E-state index in [9.17, 15) is 4.79 Å². The first-order valence-corrected chi connectivity index (χ1v) is 5.45. The van der Waals surface area contributed by atoms with Crippen LogP contribution in [0.25, 0.3) is 0 Å². The summed E-state index contributed by atoms with van der Waals surface area (Å²) >= 11 is 0. The van der Waals surface area contributed by atoms with Crippen LogP contribution in [-0.4, -0.2) is 35.0 Å². The molecule has 5 heteroatoms. The number of rotatable bonds is 3. The molecule has 0 N–H and O–H groups in total. The van der Waals surface area contributed by atoms with Gasteiger partial charge in [-0.15, -0.1) is 0 Å². The number of carbonyl (C=O) groups is 1. The summed E-state index contributed by atoms with van der Waals surface area (Å²) in [7, 11) is 0. The zero-order valence-corrected chi connectivity index (χ0v) is 9.37. The number of nitrogens with zero attached hydrogens (tertiary/aromatic N) is 3. The first-order chi connectivity index (χ1) is 8.29. The molecule has 1 aliphatic heterocycles. The third kappa shape index (κ3) is 3.02. The minimum Gasteiger partial charge on any atom is -0.365 e. The molecule has 1 fully saturated rings. The molecule has 0 aromatic carbocycles. The molecule has 1 amide bonds. The van der Waals surface area contributed by atoms with Crippen molar-refractivity contribution < 1.29 is 9.53 Å². The van der Waals surface area contributed by atoms with Crippen molar-refractivity contribution in [3.05, 3.63) is 30.1 Å². The summed E-state index contributed by atoms with van der Waals surface area (Å²) < 4.78 is 5.27. The molecule has 0 aliphatic carbocycles. The second-order valence-electron chi connectivity index (χ2n) is 3.92. The van der Waals surface area contributed by atoms with E-state index in [-0.39, 0.29) is 18.6 Å². The van der Waals surface area contributed by atoms with Crippen LogP contribution in [0, 0.1) is 11.3 Å². The quantitative estimate of drug-likeness (QED) is 0.769. The molecule has 2 rings (SSSR count). The van der Waals surface area contributed by atoms with Gasteiger partial charge < -0.3 is 9.64 Å². The molecule has 0 saturated carbocycles. The number of hydrogen-bond donors (Lipinski definition) is 0. The van der Waals surface area contributed by atoms with E-state index in [4.69, 9.17) is 10.00 Å². The summed E-state index contributed by atoms with van der Waals surface area (Å²) in [6.07, 6.45) is 3.56. The van der Waals surface area contributed by atoms with E-state index >= 15 is 0 Å². The van der Waals surface area contributed by atoms with Crippen molar-refractivity contribution >= 4 is 5.91 Å². The fraction of sp³-hybridized carbons (Fsp3) is 0.417. The molecule has 0 spiro atoms. The SMILES string of the molecule is N#CCC1CN(Cc2ccncc2)C(=O)CO1. The van der Waals surface area contributed by atoms with Crippen LogP contribution in [0.3, 0.4) is 0 Å². The van der Waals surface area contributed by atoms with Crippen LogP contribution >= 0.6 is 0 Å². The van der Waals surface area contributed by atoms with E-state index in [0.717, 1.165) is 5.56 Å². The van der Waals surface area contributed by atoms with Gasteiger partial charge in [-0.2, -0.15) is 5.26 Å². The molecule has 1 saturated heterocycles. The molecule has 17 heavy (non-hydrogen) atoms. The molecule has 0 radical (unpaired) electrons. The third-order valence-electron chi connectivity index (χ3n) is 2.66. The average molecular weight is 231 g/mol. The number of ether oxygens (including phenoxy) is 1. The zero-order chi connectivity index (χ0) is 12.1. The van der Waals surface area contributed by atoms with Gasteiger partial charge in [0.1, 0.15) is 6.61 Å². The highest BCUT2D eigenvalue weighted by Gasteiger charge is 2.25. The largest absolute Gasteiger partial charge is 0.365 e. The molecule has 1 aliphatic rings.